The molecule has 0 radical (unpaired) electrons. The van der Waals surface area contributed by atoms with E-state index in [0.29, 0.717) is 6.04 Å². The number of nitrogens with one attached hydrogen (secondary N) is 1. The van der Waals surface area contributed by atoms with Gasteiger partial charge in [0.05, 0.1) is 6.61 Å². The van der Waals surface area contributed by atoms with Crippen LogP contribution in [0.4, 0.5) is 5.69 Å². The summed E-state index contributed by atoms with van der Waals surface area (Å²) in [6.07, 6.45) is 2.72. The summed E-state index contributed by atoms with van der Waals surface area (Å²) in [4.78, 5) is 2.53. The summed E-state index contributed by atoms with van der Waals surface area (Å²) in [5.41, 5.74) is 2.70. The van der Waals surface area contributed by atoms with Gasteiger partial charge in [0.1, 0.15) is 0 Å². The quantitative estimate of drug-likeness (QED) is 0.729. The van der Waals surface area contributed by atoms with E-state index in [1.807, 2.05) is 0 Å². The smallest absolute Gasteiger partial charge is 0.0637 e. The molecule has 1 aromatic rings. The molecule has 0 heterocycles. The molecule has 0 saturated heterocycles. The molecule has 0 aliphatic heterocycles. The third-order valence-electron chi connectivity index (χ3n) is 4.25. The first kappa shape index (κ1) is 16.8. The Morgan fingerprint density at radius 3 is 2.81 bits per heavy atom. The average molecular weight is 355 g/mol. The van der Waals surface area contributed by atoms with E-state index in [-0.39, 0.29) is 0 Å². The Morgan fingerprint density at radius 2 is 2.19 bits per heavy atom. The number of hydrogen-bond donors (Lipinski definition) is 1. The Hall–Kier alpha value is -0.580. The molecule has 0 aromatic heterocycles. The molecule has 118 valence electrons. The van der Waals surface area contributed by atoms with Gasteiger partial charge in [0.15, 0.2) is 0 Å². The van der Waals surface area contributed by atoms with Crippen molar-refractivity contribution in [3.8, 4) is 0 Å². The summed E-state index contributed by atoms with van der Waals surface area (Å²) in [5.74, 6) is 0.841. The molecule has 2 rings (SSSR count). The monoisotopic (exact) mass is 354 g/mol. The van der Waals surface area contributed by atoms with Gasteiger partial charge in [0, 0.05) is 36.4 Å². The van der Waals surface area contributed by atoms with Gasteiger partial charge in [-0.1, -0.05) is 28.9 Å². The minimum absolute atomic E-state index is 0.579. The van der Waals surface area contributed by atoms with Crippen LogP contribution in [-0.2, 0) is 11.3 Å². The number of anilines is 1. The highest BCUT2D eigenvalue weighted by atomic mass is 79.9. The number of halogens is 1. The van der Waals surface area contributed by atoms with Crippen molar-refractivity contribution in [3.05, 3.63) is 28.2 Å². The van der Waals surface area contributed by atoms with Crippen molar-refractivity contribution in [3.63, 3.8) is 0 Å². The number of ether oxygens (including phenoxy) is 1. The molecule has 3 nitrogen and oxygen atoms in total. The lowest BCUT2D eigenvalue weighted by Crippen LogP contribution is -2.38. The fourth-order valence-corrected chi connectivity index (χ4v) is 3.13. The third-order valence-corrected chi connectivity index (χ3v) is 4.75. The molecule has 21 heavy (non-hydrogen) atoms. The second kappa shape index (κ2) is 8.16. The average Bonchev–Trinajstić information content (AvgIpc) is 3.31. The van der Waals surface area contributed by atoms with Crippen molar-refractivity contribution < 1.29 is 4.74 Å². The highest BCUT2D eigenvalue weighted by Crippen LogP contribution is 2.38. The predicted molar refractivity (Wildman–Crippen MR) is 92.9 cm³/mol. The van der Waals surface area contributed by atoms with Gasteiger partial charge in [0.2, 0.25) is 0 Å². The maximum atomic E-state index is 5.33. The highest BCUT2D eigenvalue weighted by molar-refractivity contribution is 9.10. The molecule has 1 aromatic carbocycles. The van der Waals surface area contributed by atoms with Crippen molar-refractivity contribution in [2.75, 3.05) is 31.7 Å². The van der Waals surface area contributed by atoms with Crippen LogP contribution in [0.15, 0.2) is 22.7 Å². The van der Waals surface area contributed by atoms with Crippen LogP contribution in [0.1, 0.15) is 32.3 Å². The second-order valence-electron chi connectivity index (χ2n) is 5.82. The van der Waals surface area contributed by atoms with Crippen LogP contribution in [-0.4, -0.2) is 32.8 Å². The lowest BCUT2D eigenvalue weighted by atomic mass is 10.1. The Kier molecular flexibility index (Phi) is 6.52. The molecular weight excluding hydrogens is 328 g/mol. The minimum atomic E-state index is 0.579. The van der Waals surface area contributed by atoms with Gasteiger partial charge in [-0.2, -0.15) is 0 Å². The van der Waals surface area contributed by atoms with Crippen LogP contribution in [0.25, 0.3) is 0 Å². The second-order valence-corrected chi connectivity index (χ2v) is 6.73. The van der Waals surface area contributed by atoms with Crippen molar-refractivity contribution >= 4 is 21.6 Å². The van der Waals surface area contributed by atoms with Crippen LogP contribution in [0.3, 0.4) is 0 Å². The van der Waals surface area contributed by atoms with E-state index >= 15 is 0 Å². The van der Waals surface area contributed by atoms with Gasteiger partial charge < -0.3 is 15.0 Å². The Morgan fingerprint density at radius 1 is 1.43 bits per heavy atom. The van der Waals surface area contributed by atoms with Crippen LogP contribution in [0.2, 0.25) is 0 Å². The van der Waals surface area contributed by atoms with E-state index < -0.39 is 0 Å². The standard InChI is InChI=1S/C17H27BrN2O/c1-4-19-12-15-7-8-16(18)11-17(15)20(9-10-21-3)13(2)14-5-6-14/h7-8,11,13-14,19H,4-6,9-10,12H2,1-3H3. The van der Waals surface area contributed by atoms with E-state index in [1.165, 1.54) is 24.1 Å². The number of rotatable bonds is 9. The van der Waals surface area contributed by atoms with E-state index in [4.69, 9.17) is 4.74 Å². The van der Waals surface area contributed by atoms with E-state index in [9.17, 15) is 0 Å². The van der Waals surface area contributed by atoms with Crippen LogP contribution in [0.5, 0.6) is 0 Å². The van der Waals surface area contributed by atoms with Crippen molar-refractivity contribution in [1.29, 1.82) is 0 Å². The summed E-state index contributed by atoms with van der Waals surface area (Å²) in [7, 11) is 1.78. The first-order chi connectivity index (χ1) is 10.2. The molecule has 1 N–H and O–H groups in total. The number of benzene rings is 1. The maximum Gasteiger partial charge on any atom is 0.0637 e. The van der Waals surface area contributed by atoms with Gasteiger partial charge in [-0.15, -0.1) is 0 Å². The fourth-order valence-electron chi connectivity index (χ4n) is 2.78. The topological polar surface area (TPSA) is 24.5 Å². The molecule has 1 aliphatic carbocycles. The van der Waals surface area contributed by atoms with Crippen LogP contribution < -0.4 is 10.2 Å². The van der Waals surface area contributed by atoms with Crippen LogP contribution in [0, 0.1) is 5.92 Å². The fraction of sp³-hybridized carbons (Fsp3) is 0.647. The lowest BCUT2D eigenvalue weighted by Gasteiger charge is -2.33. The largest absolute Gasteiger partial charge is 0.383 e. The van der Waals surface area contributed by atoms with Gasteiger partial charge >= 0.3 is 0 Å². The molecule has 1 saturated carbocycles. The molecule has 1 fully saturated rings. The van der Waals surface area contributed by atoms with E-state index in [2.05, 4.69) is 58.2 Å². The number of nitrogens with zero attached hydrogens (tertiary/aromatic N) is 1. The maximum absolute atomic E-state index is 5.33. The highest BCUT2D eigenvalue weighted by Gasteiger charge is 2.32. The van der Waals surface area contributed by atoms with E-state index in [1.54, 1.807) is 7.11 Å². The molecular formula is C17H27BrN2O. The van der Waals surface area contributed by atoms with Gasteiger partial charge in [-0.05, 0) is 49.9 Å². The minimum Gasteiger partial charge on any atom is -0.383 e. The Labute approximate surface area is 137 Å². The molecule has 1 atom stereocenters. The van der Waals surface area contributed by atoms with Gasteiger partial charge in [-0.25, -0.2) is 0 Å². The van der Waals surface area contributed by atoms with E-state index in [0.717, 1.165) is 36.6 Å². The zero-order chi connectivity index (χ0) is 15.2. The predicted octanol–water partition coefficient (Wildman–Crippen LogP) is 3.81. The SMILES string of the molecule is CCNCc1ccc(Br)cc1N(CCOC)C(C)C1CC1. The molecule has 0 amide bonds. The first-order valence-electron chi connectivity index (χ1n) is 7.92. The van der Waals surface area contributed by atoms with Crippen molar-refractivity contribution in [2.24, 2.45) is 5.92 Å². The zero-order valence-electron chi connectivity index (χ0n) is 13.4. The summed E-state index contributed by atoms with van der Waals surface area (Å²) in [5, 5.41) is 3.45. The lowest BCUT2D eigenvalue weighted by molar-refractivity contribution is 0.202. The molecule has 0 spiro atoms. The zero-order valence-corrected chi connectivity index (χ0v) is 14.9. The summed E-state index contributed by atoms with van der Waals surface area (Å²) in [6.45, 7) is 8.12. The third kappa shape index (κ3) is 4.70. The Balaban J connectivity index is 2.25. The van der Waals surface area contributed by atoms with Gasteiger partial charge in [-0.3, -0.25) is 0 Å². The van der Waals surface area contributed by atoms with Crippen molar-refractivity contribution in [2.45, 2.75) is 39.3 Å². The number of methoxy groups -OCH3 is 1. The molecule has 1 aliphatic rings. The summed E-state index contributed by atoms with van der Waals surface area (Å²) >= 11 is 3.62. The normalized spacial score (nSPS) is 16.0. The van der Waals surface area contributed by atoms with Gasteiger partial charge in [0.25, 0.3) is 0 Å². The Bertz CT molecular complexity index is 448. The van der Waals surface area contributed by atoms with Crippen LogP contribution >= 0.6 is 15.9 Å². The molecule has 0 bridgehead atoms. The molecule has 4 heteroatoms. The first-order valence-corrected chi connectivity index (χ1v) is 8.71. The summed E-state index contributed by atoms with van der Waals surface area (Å²) in [6, 6.07) is 7.18. The number of hydrogen-bond acceptors (Lipinski definition) is 3. The van der Waals surface area contributed by atoms with Crippen molar-refractivity contribution in [1.82, 2.24) is 5.32 Å². The summed E-state index contributed by atoms with van der Waals surface area (Å²) < 4.78 is 6.47. The molecule has 1 unspecified atom stereocenters.